The molecular weight excluding hydrogens is 1190 g/mol. The summed E-state index contributed by atoms with van der Waals surface area (Å²) in [4.78, 5) is 72.5. The van der Waals surface area contributed by atoms with Crippen LogP contribution in [0.1, 0.15) is 331 Å². The van der Waals surface area contributed by atoms with Crippen LogP contribution in [0.3, 0.4) is 0 Å². The van der Waals surface area contributed by atoms with Crippen molar-refractivity contribution >= 4 is 39.5 Å². The Hall–Kier alpha value is -2.46. The maximum Gasteiger partial charge on any atom is 0.472 e. The van der Waals surface area contributed by atoms with Crippen molar-refractivity contribution in [1.82, 2.24) is 0 Å². The number of carbonyl (C=O) groups excluding carboxylic acids is 4. The lowest BCUT2D eigenvalue weighted by molar-refractivity contribution is -0.161. The molecule has 0 saturated carbocycles. The fourth-order valence-electron chi connectivity index (χ4n) is 10.1. The second kappa shape index (κ2) is 61.4. The topological polar surface area (TPSA) is 237 Å². The normalized spacial score (nSPS) is 14.7. The molecule has 3 unspecified atom stereocenters. The van der Waals surface area contributed by atoms with Gasteiger partial charge in [0.05, 0.1) is 26.4 Å². The highest BCUT2D eigenvalue weighted by atomic mass is 31.2. The third-order valence-corrected chi connectivity index (χ3v) is 18.0. The van der Waals surface area contributed by atoms with E-state index in [1.54, 1.807) is 0 Å². The monoisotopic (exact) mass is 1320 g/mol. The molecule has 0 aromatic heterocycles. The lowest BCUT2D eigenvalue weighted by Crippen LogP contribution is -2.30. The first-order valence-corrected chi connectivity index (χ1v) is 39.2. The lowest BCUT2D eigenvalue weighted by Gasteiger charge is -2.21. The van der Waals surface area contributed by atoms with Crippen LogP contribution in [-0.4, -0.2) is 96.7 Å². The first kappa shape index (κ1) is 87.5. The van der Waals surface area contributed by atoms with E-state index in [0.717, 1.165) is 121 Å². The molecule has 0 rings (SSSR count). The summed E-state index contributed by atoms with van der Waals surface area (Å²) in [6, 6.07) is 0. The van der Waals surface area contributed by atoms with Gasteiger partial charge >= 0.3 is 39.5 Å². The fraction of sp³-hybridized carbons (Fsp3) is 0.887. The van der Waals surface area contributed by atoms with Crippen LogP contribution in [0.4, 0.5) is 0 Å². The zero-order valence-electron chi connectivity index (χ0n) is 58.1. The summed E-state index contributed by atoms with van der Waals surface area (Å²) < 4.78 is 68.2. The molecule has 90 heavy (non-hydrogen) atoms. The van der Waals surface area contributed by atoms with Crippen molar-refractivity contribution in [3.63, 3.8) is 0 Å². The van der Waals surface area contributed by atoms with Gasteiger partial charge in [0.1, 0.15) is 19.3 Å². The van der Waals surface area contributed by atoms with Crippen molar-refractivity contribution in [2.24, 2.45) is 17.8 Å². The quantitative estimate of drug-likeness (QED) is 0.0169. The highest BCUT2D eigenvalue weighted by Crippen LogP contribution is 2.45. The SMILES string of the molecule is CCCCCC/C=C\C=C/CCCCCCCC(=O)O[C@H](COC(=O)CCCCCCCCCCCCCC(C)C)COP(=O)(O)OC[C@@H](O)COP(=O)(O)OC[C@@H](COC(=O)CCCCCCCCC(C)C)OC(=O)CCCCCCCCCCC(C)CC. The first-order chi connectivity index (χ1) is 43.3. The van der Waals surface area contributed by atoms with Gasteiger partial charge in [-0.2, -0.15) is 0 Å². The summed E-state index contributed by atoms with van der Waals surface area (Å²) in [5.41, 5.74) is 0. The van der Waals surface area contributed by atoms with Crippen LogP contribution in [0.2, 0.25) is 0 Å². The van der Waals surface area contributed by atoms with Gasteiger partial charge in [-0.3, -0.25) is 37.3 Å². The average Bonchev–Trinajstić information content (AvgIpc) is 2.28. The van der Waals surface area contributed by atoms with Crippen molar-refractivity contribution in [3.05, 3.63) is 24.3 Å². The average molecular weight is 1320 g/mol. The van der Waals surface area contributed by atoms with Crippen LogP contribution in [-0.2, 0) is 65.4 Å². The second-order valence-corrected chi connectivity index (χ2v) is 29.0. The molecule has 0 aliphatic carbocycles. The van der Waals surface area contributed by atoms with E-state index >= 15 is 0 Å². The third-order valence-electron chi connectivity index (χ3n) is 16.1. The molecule has 0 spiro atoms. The zero-order valence-corrected chi connectivity index (χ0v) is 59.9. The van der Waals surface area contributed by atoms with Gasteiger partial charge in [0, 0.05) is 25.7 Å². The number of carbonyl (C=O) groups is 4. The van der Waals surface area contributed by atoms with Crippen molar-refractivity contribution in [3.8, 4) is 0 Å². The zero-order chi connectivity index (χ0) is 66.6. The minimum absolute atomic E-state index is 0.0843. The largest absolute Gasteiger partial charge is 0.472 e. The maximum atomic E-state index is 13.0. The minimum atomic E-state index is -4.96. The van der Waals surface area contributed by atoms with Crippen LogP contribution in [0.5, 0.6) is 0 Å². The second-order valence-electron chi connectivity index (χ2n) is 26.1. The van der Waals surface area contributed by atoms with Crippen molar-refractivity contribution < 1.29 is 80.2 Å². The Morgan fingerprint density at radius 3 is 0.989 bits per heavy atom. The number of unbranched alkanes of at least 4 members (excludes halogenated alkanes) is 31. The number of hydrogen-bond donors (Lipinski definition) is 3. The molecule has 19 heteroatoms. The molecule has 0 heterocycles. The van der Waals surface area contributed by atoms with E-state index in [4.69, 9.17) is 37.0 Å². The molecule has 0 aromatic carbocycles. The third kappa shape index (κ3) is 63.0. The van der Waals surface area contributed by atoms with E-state index < -0.39 is 97.5 Å². The molecule has 0 saturated heterocycles. The molecule has 3 N–H and O–H groups in total. The Morgan fingerprint density at radius 1 is 0.367 bits per heavy atom. The molecular formula is C71H134O17P2. The number of esters is 4. The van der Waals surface area contributed by atoms with E-state index in [1.165, 1.54) is 122 Å². The molecule has 0 fully saturated rings. The highest BCUT2D eigenvalue weighted by Gasteiger charge is 2.30. The summed E-state index contributed by atoms with van der Waals surface area (Å²) in [5, 5.41) is 10.6. The Labute approximate surface area is 548 Å². The molecule has 0 bridgehead atoms. The molecule has 0 aromatic rings. The number of allylic oxidation sites excluding steroid dienone is 4. The van der Waals surface area contributed by atoms with Gasteiger partial charge in [0.2, 0.25) is 0 Å². The van der Waals surface area contributed by atoms with Crippen LogP contribution in [0, 0.1) is 17.8 Å². The van der Waals surface area contributed by atoms with Gasteiger partial charge in [0.15, 0.2) is 12.2 Å². The molecule has 530 valence electrons. The number of aliphatic hydroxyl groups is 1. The maximum absolute atomic E-state index is 13.0. The highest BCUT2D eigenvalue weighted by molar-refractivity contribution is 7.47. The summed E-state index contributed by atoms with van der Waals surface area (Å²) in [5.74, 6) is 0.0552. The van der Waals surface area contributed by atoms with Gasteiger partial charge in [-0.15, -0.1) is 0 Å². The van der Waals surface area contributed by atoms with E-state index in [0.29, 0.717) is 31.6 Å². The summed E-state index contributed by atoms with van der Waals surface area (Å²) in [6.45, 7) is 11.7. The van der Waals surface area contributed by atoms with Crippen LogP contribution >= 0.6 is 15.6 Å². The molecule has 17 nitrogen and oxygen atoms in total. The van der Waals surface area contributed by atoms with Crippen molar-refractivity contribution in [2.75, 3.05) is 39.6 Å². The molecule has 0 radical (unpaired) electrons. The Bertz CT molecular complexity index is 1860. The minimum Gasteiger partial charge on any atom is -0.462 e. The Balaban J connectivity index is 5.29. The predicted molar refractivity (Wildman–Crippen MR) is 363 cm³/mol. The number of hydrogen-bond acceptors (Lipinski definition) is 15. The van der Waals surface area contributed by atoms with Crippen LogP contribution in [0.25, 0.3) is 0 Å². The van der Waals surface area contributed by atoms with Crippen LogP contribution in [0.15, 0.2) is 24.3 Å². The van der Waals surface area contributed by atoms with Gasteiger partial charge in [-0.1, -0.05) is 278 Å². The molecule has 0 aliphatic heterocycles. The summed E-state index contributed by atoms with van der Waals surface area (Å²) in [7, 11) is -9.92. The van der Waals surface area contributed by atoms with E-state index in [-0.39, 0.29) is 25.7 Å². The van der Waals surface area contributed by atoms with Gasteiger partial charge in [-0.25, -0.2) is 9.13 Å². The van der Waals surface area contributed by atoms with Gasteiger partial charge in [-0.05, 0) is 69.1 Å². The Morgan fingerprint density at radius 2 is 0.656 bits per heavy atom. The van der Waals surface area contributed by atoms with E-state index in [9.17, 15) is 43.2 Å². The molecule has 0 amide bonds. The summed E-state index contributed by atoms with van der Waals surface area (Å²) in [6.07, 6.45) is 48.1. The smallest absolute Gasteiger partial charge is 0.462 e. The Kier molecular flexibility index (Phi) is 59.7. The van der Waals surface area contributed by atoms with E-state index in [1.807, 2.05) is 0 Å². The standard InChI is InChI=1S/C71H134O17P2/c1-8-10-11-12-13-14-15-16-17-18-21-25-31-40-47-54-70(75)87-66(58-81-68(73)52-45-38-30-24-22-19-20-23-28-35-42-49-62(3)4)60-85-89(77,78)83-56-65(72)57-84-90(79,80)86-61-67(59-82-69(74)53-46-39-34-33-36-43-50-63(5)6)88-71(76)55-48-41-32-27-26-29-37-44-51-64(7)9-2/h14-17,62-67,72H,8-13,18-61H2,1-7H3,(H,77,78)(H,79,80)/b15-14-,17-16-/t64?,65-,66-,67-/m1/s1. The van der Waals surface area contributed by atoms with Gasteiger partial charge in [0.25, 0.3) is 0 Å². The van der Waals surface area contributed by atoms with Gasteiger partial charge < -0.3 is 33.8 Å². The predicted octanol–water partition coefficient (Wildman–Crippen LogP) is 19.8. The number of aliphatic hydroxyl groups excluding tert-OH is 1. The summed E-state index contributed by atoms with van der Waals surface area (Å²) >= 11 is 0. The fourth-order valence-corrected chi connectivity index (χ4v) is 11.7. The lowest BCUT2D eigenvalue weighted by atomic mass is 9.99. The number of rotatable bonds is 67. The van der Waals surface area contributed by atoms with Crippen molar-refractivity contribution in [1.29, 1.82) is 0 Å². The van der Waals surface area contributed by atoms with E-state index in [2.05, 4.69) is 72.8 Å². The molecule has 6 atom stereocenters. The van der Waals surface area contributed by atoms with Crippen molar-refractivity contribution in [2.45, 2.75) is 349 Å². The number of ether oxygens (including phenoxy) is 4. The van der Waals surface area contributed by atoms with Crippen LogP contribution < -0.4 is 0 Å². The first-order valence-electron chi connectivity index (χ1n) is 36.2. The molecule has 0 aliphatic rings. The number of phosphoric acid groups is 2. The number of phosphoric ester groups is 2.